The van der Waals surface area contributed by atoms with Crippen molar-refractivity contribution < 1.29 is 4.79 Å². The molecular weight excluding hydrogens is 260 g/mol. The highest BCUT2D eigenvalue weighted by Crippen LogP contribution is 2.34. The molecule has 3 nitrogen and oxygen atoms in total. The Morgan fingerprint density at radius 1 is 0.905 bits per heavy atom. The summed E-state index contributed by atoms with van der Waals surface area (Å²) in [6.45, 7) is 0. The first-order valence-electron chi connectivity index (χ1n) is 6.79. The van der Waals surface area contributed by atoms with Gasteiger partial charge in [-0.2, -0.15) is 0 Å². The standard InChI is InChI=1S/C18H12N2O/c21-15-10-8-13-5-3-4-12-7-9-14(18(15)17(12)13)20-16-6-1-2-11-19-16/h1-11H,(H,19,20). The fraction of sp³-hybridized carbons (Fsp3) is 0. The summed E-state index contributed by atoms with van der Waals surface area (Å²) < 4.78 is 0. The third-order valence-electron chi connectivity index (χ3n) is 3.67. The van der Waals surface area contributed by atoms with Crippen LogP contribution >= 0.6 is 0 Å². The number of hydrogen-bond acceptors (Lipinski definition) is 3. The van der Waals surface area contributed by atoms with E-state index in [1.54, 1.807) is 12.3 Å². The molecule has 3 heteroatoms. The number of ketones is 1. The van der Waals surface area contributed by atoms with Crippen molar-refractivity contribution in [2.45, 2.75) is 0 Å². The zero-order valence-corrected chi connectivity index (χ0v) is 11.2. The first-order valence-corrected chi connectivity index (χ1v) is 6.79. The van der Waals surface area contributed by atoms with Crippen molar-refractivity contribution in [3.05, 3.63) is 71.9 Å². The number of anilines is 2. The second-order valence-electron chi connectivity index (χ2n) is 4.97. The van der Waals surface area contributed by atoms with Crippen molar-refractivity contribution in [2.75, 3.05) is 5.32 Å². The zero-order valence-electron chi connectivity index (χ0n) is 11.2. The van der Waals surface area contributed by atoms with Gasteiger partial charge in [0.1, 0.15) is 5.82 Å². The second-order valence-corrected chi connectivity index (χ2v) is 4.97. The number of benzene rings is 2. The van der Waals surface area contributed by atoms with Crippen LogP contribution in [0.2, 0.25) is 0 Å². The molecule has 0 bridgehead atoms. The molecule has 1 N–H and O–H groups in total. The monoisotopic (exact) mass is 272 g/mol. The molecule has 0 aliphatic heterocycles. The van der Waals surface area contributed by atoms with Crippen LogP contribution in [0.3, 0.4) is 0 Å². The van der Waals surface area contributed by atoms with E-state index in [2.05, 4.69) is 10.3 Å². The van der Waals surface area contributed by atoms with Gasteiger partial charge in [-0.1, -0.05) is 36.4 Å². The van der Waals surface area contributed by atoms with Crippen LogP contribution in [0.5, 0.6) is 0 Å². The molecule has 0 spiro atoms. The molecule has 1 aliphatic rings. The van der Waals surface area contributed by atoms with E-state index in [1.165, 1.54) is 0 Å². The summed E-state index contributed by atoms with van der Waals surface area (Å²) in [5.74, 6) is 0.755. The molecule has 3 aromatic rings. The molecule has 1 aliphatic carbocycles. The van der Waals surface area contributed by atoms with Gasteiger partial charge in [0.25, 0.3) is 0 Å². The normalized spacial score (nSPS) is 12.7. The minimum Gasteiger partial charge on any atom is -0.340 e. The van der Waals surface area contributed by atoms with Gasteiger partial charge in [-0.15, -0.1) is 0 Å². The minimum absolute atomic E-state index is 0.0257. The van der Waals surface area contributed by atoms with Crippen LogP contribution in [0.25, 0.3) is 16.8 Å². The van der Waals surface area contributed by atoms with Gasteiger partial charge < -0.3 is 5.32 Å². The third-order valence-corrected chi connectivity index (χ3v) is 3.67. The highest BCUT2D eigenvalue weighted by Gasteiger charge is 2.19. The number of rotatable bonds is 2. The van der Waals surface area contributed by atoms with E-state index in [0.29, 0.717) is 0 Å². The Morgan fingerprint density at radius 3 is 2.71 bits per heavy atom. The van der Waals surface area contributed by atoms with Gasteiger partial charge in [0.2, 0.25) is 0 Å². The Bertz CT molecular complexity index is 882. The first kappa shape index (κ1) is 11.9. The Balaban J connectivity index is 1.94. The lowest BCUT2D eigenvalue weighted by Gasteiger charge is -2.16. The van der Waals surface area contributed by atoms with Crippen LogP contribution in [-0.2, 0) is 0 Å². The molecule has 2 aromatic carbocycles. The molecule has 4 rings (SSSR count). The van der Waals surface area contributed by atoms with Crippen molar-refractivity contribution in [1.82, 2.24) is 4.98 Å². The van der Waals surface area contributed by atoms with Crippen molar-refractivity contribution in [3.63, 3.8) is 0 Å². The Hall–Kier alpha value is -2.94. The maximum Gasteiger partial charge on any atom is 0.188 e. The molecule has 0 saturated carbocycles. The van der Waals surface area contributed by atoms with Crippen molar-refractivity contribution in [2.24, 2.45) is 0 Å². The molecule has 1 aromatic heterocycles. The van der Waals surface area contributed by atoms with Crippen LogP contribution in [0.1, 0.15) is 15.9 Å². The molecule has 0 amide bonds. The summed E-state index contributed by atoms with van der Waals surface area (Å²) in [6.07, 6.45) is 5.23. The summed E-state index contributed by atoms with van der Waals surface area (Å²) >= 11 is 0. The Labute approximate surface area is 122 Å². The molecule has 0 saturated heterocycles. The van der Waals surface area contributed by atoms with Crippen LogP contribution in [-0.4, -0.2) is 10.8 Å². The number of nitrogens with zero attached hydrogens (tertiary/aromatic N) is 1. The average Bonchev–Trinajstić information content (AvgIpc) is 2.53. The van der Waals surface area contributed by atoms with Gasteiger partial charge in [0, 0.05) is 11.6 Å². The number of allylic oxidation sites excluding steroid dienone is 1. The van der Waals surface area contributed by atoms with E-state index in [9.17, 15) is 4.79 Å². The Morgan fingerprint density at radius 2 is 1.86 bits per heavy atom. The molecule has 21 heavy (non-hydrogen) atoms. The molecule has 1 heterocycles. The SMILES string of the molecule is O=C1C=Cc2cccc3ccc(Nc4ccccn4)c1c23. The van der Waals surface area contributed by atoms with E-state index < -0.39 is 0 Å². The van der Waals surface area contributed by atoms with E-state index in [-0.39, 0.29) is 5.78 Å². The van der Waals surface area contributed by atoms with E-state index in [4.69, 9.17) is 0 Å². The van der Waals surface area contributed by atoms with Gasteiger partial charge in [0.15, 0.2) is 5.78 Å². The van der Waals surface area contributed by atoms with Gasteiger partial charge >= 0.3 is 0 Å². The van der Waals surface area contributed by atoms with Crippen LogP contribution in [0.15, 0.2) is 60.8 Å². The molecule has 0 fully saturated rings. The topological polar surface area (TPSA) is 42.0 Å². The van der Waals surface area contributed by atoms with E-state index in [0.717, 1.165) is 33.4 Å². The first-order chi connectivity index (χ1) is 10.3. The number of hydrogen-bond donors (Lipinski definition) is 1. The summed E-state index contributed by atoms with van der Waals surface area (Å²) in [7, 11) is 0. The summed E-state index contributed by atoms with van der Waals surface area (Å²) in [4.78, 5) is 16.6. The van der Waals surface area contributed by atoms with E-state index in [1.807, 2.05) is 54.6 Å². The van der Waals surface area contributed by atoms with Crippen LogP contribution in [0.4, 0.5) is 11.5 Å². The quantitative estimate of drug-likeness (QED) is 0.760. The lowest BCUT2D eigenvalue weighted by molar-refractivity contribution is 0.104. The van der Waals surface area contributed by atoms with Crippen molar-refractivity contribution in [3.8, 4) is 0 Å². The third kappa shape index (κ3) is 1.91. The van der Waals surface area contributed by atoms with Gasteiger partial charge in [0.05, 0.1) is 11.3 Å². The lowest BCUT2D eigenvalue weighted by atomic mass is 9.91. The predicted molar refractivity (Wildman–Crippen MR) is 84.8 cm³/mol. The van der Waals surface area contributed by atoms with Crippen LogP contribution in [0, 0.1) is 0 Å². The molecule has 0 radical (unpaired) electrons. The minimum atomic E-state index is 0.0257. The highest BCUT2D eigenvalue weighted by molar-refractivity contribution is 6.23. The number of aromatic nitrogens is 1. The number of nitrogens with one attached hydrogen (secondary N) is 1. The highest BCUT2D eigenvalue weighted by atomic mass is 16.1. The van der Waals surface area contributed by atoms with Crippen LogP contribution < -0.4 is 5.32 Å². The maximum atomic E-state index is 12.3. The molecule has 0 atom stereocenters. The van der Waals surface area contributed by atoms with Gasteiger partial charge in [-0.05, 0) is 35.2 Å². The molecule has 0 unspecified atom stereocenters. The zero-order chi connectivity index (χ0) is 14.2. The van der Waals surface area contributed by atoms with Crippen molar-refractivity contribution in [1.29, 1.82) is 0 Å². The summed E-state index contributed by atoms with van der Waals surface area (Å²) in [5, 5.41) is 5.32. The summed E-state index contributed by atoms with van der Waals surface area (Å²) in [5.41, 5.74) is 2.59. The molecular formula is C18H12N2O. The van der Waals surface area contributed by atoms with Gasteiger partial charge in [-0.25, -0.2) is 4.98 Å². The number of pyridine rings is 1. The Kier molecular flexibility index (Phi) is 2.57. The van der Waals surface area contributed by atoms with E-state index >= 15 is 0 Å². The molecule has 100 valence electrons. The average molecular weight is 272 g/mol. The number of carbonyl (C=O) groups excluding carboxylic acids is 1. The smallest absolute Gasteiger partial charge is 0.188 e. The van der Waals surface area contributed by atoms with Gasteiger partial charge in [-0.3, -0.25) is 4.79 Å². The lowest BCUT2D eigenvalue weighted by Crippen LogP contribution is -2.06. The number of carbonyl (C=O) groups is 1. The fourth-order valence-electron chi connectivity index (χ4n) is 2.73. The second kappa shape index (κ2) is 4.56. The fourth-order valence-corrected chi connectivity index (χ4v) is 2.73. The largest absolute Gasteiger partial charge is 0.340 e. The predicted octanol–water partition coefficient (Wildman–Crippen LogP) is 4.19. The van der Waals surface area contributed by atoms with Crippen molar-refractivity contribution >= 4 is 34.1 Å². The maximum absolute atomic E-state index is 12.3. The summed E-state index contributed by atoms with van der Waals surface area (Å²) in [6, 6.07) is 15.7.